The van der Waals surface area contributed by atoms with E-state index in [0.717, 1.165) is 64.2 Å². The Balaban J connectivity index is 4.18. The zero-order valence-electron chi connectivity index (χ0n) is 50.6. The maximum absolute atomic E-state index is 12.9. The molecule has 1 atom stereocenters. The molecule has 0 aromatic rings. The van der Waals surface area contributed by atoms with Crippen LogP contribution in [-0.4, -0.2) is 37.2 Å². The Labute approximate surface area is 467 Å². The molecule has 0 spiro atoms. The summed E-state index contributed by atoms with van der Waals surface area (Å²) in [5, 5.41) is 0. The molecule has 0 saturated heterocycles. The van der Waals surface area contributed by atoms with Gasteiger partial charge in [-0.2, -0.15) is 0 Å². The maximum atomic E-state index is 12.9. The van der Waals surface area contributed by atoms with Crippen molar-refractivity contribution >= 4 is 17.9 Å². The van der Waals surface area contributed by atoms with E-state index in [0.29, 0.717) is 19.3 Å². The smallest absolute Gasteiger partial charge is 0.306 e. The first-order valence-corrected chi connectivity index (χ1v) is 33.5. The van der Waals surface area contributed by atoms with Crippen LogP contribution >= 0.6 is 0 Å². The highest BCUT2D eigenvalue weighted by atomic mass is 16.6. The number of carbonyl (C=O) groups is 3. The third kappa shape index (κ3) is 62.4. The number of unbranched alkanes of at least 4 members (excludes halogenated alkanes) is 45. The maximum Gasteiger partial charge on any atom is 0.306 e. The molecule has 75 heavy (non-hydrogen) atoms. The molecule has 0 aliphatic rings. The van der Waals surface area contributed by atoms with Crippen LogP contribution < -0.4 is 0 Å². The molecule has 6 nitrogen and oxygen atoms in total. The molecule has 0 aliphatic carbocycles. The van der Waals surface area contributed by atoms with Gasteiger partial charge in [-0.3, -0.25) is 14.4 Å². The summed E-state index contributed by atoms with van der Waals surface area (Å²) in [4.78, 5) is 38.3. The van der Waals surface area contributed by atoms with Crippen LogP contribution in [0.25, 0.3) is 0 Å². The average Bonchev–Trinajstić information content (AvgIpc) is 3.41. The summed E-state index contributed by atoms with van der Waals surface area (Å²) >= 11 is 0. The van der Waals surface area contributed by atoms with Gasteiger partial charge >= 0.3 is 17.9 Å². The normalized spacial score (nSPS) is 12.2. The zero-order valence-corrected chi connectivity index (χ0v) is 50.6. The molecule has 0 aromatic heterocycles. The van der Waals surface area contributed by atoms with Crippen LogP contribution in [0.15, 0.2) is 36.5 Å². The molecule has 0 aromatic carbocycles. The molecule has 0 amide bonds. The molecule has 6 heteroatoms. The molecular weight excluding hydrogens is 925 g/mol. The predicted octanol–water partition coefficient (Wildman–Crippen LogP) is 22.8. The quantitative estimate of drug-likeness (QED) is 0.0261. The van der Waals surface area contributed by atoms with Crippen LogP contribution in [-0.2, 0) is 28.6 Å². The van der Waals surface area contributed by atoms with Gasteiger partial charge in [0.1, 0.15) is 13.2 Å². The largest absolute Gasteiger partial charge is 0.462 e. The lowest BCUT2D eigenvalue weighted by Gasteiger charge is -2.18. The lowest BCUT2D eigenvalue weighted by molar-refractivity contribution is -0.167. The third-order valence-electron chi connectivity index (χ3n) is 15.1. The first-order chi connectivity index (χ1) is 37.0. The van der Waals surface area contributed by atoms with Gasteiger partial charge in [0.05, 0.1) is 0 Å². The van der Waals surface area contributed by atoms with E-state index in [2.05, 4.69) is 57.2 Å². The molecule has 0 rings (SSSR count). The standard InChI is InChI=1S/C69H128O6/c1-4-7-10-13-16-19-22-24-26-28-30-31-32-33-34-35-36-37-39-40-42-44-47-50-53-56-59-62-68(71)74-65-66(64-73-67(70)61-58-55-52-49-46-21-18-15-12-9-6-3)75-69(72)63-60-57-54-51-48-45-43-41-38-29-27-25-23-20-17-14-11-8-5-2/h22,24-25,27-28,30,66H,4-21,23,26,29,31-65H2,1-3H3/b24-22-,27-25-,30-28-. The van der Waals surface area contributed by atoms with Crippen molar-refractivity contribution in [3.05, 3.63) is 36.5 Å². The summed E-state index contributed by atoms with van der Waals surface area (Å²) in [5.74, 6) is -0.846. The Morgan fingerprint density at radius 3 is 0.747 bits per heavy atom. The number of esters is 3. The first kappa shape index (κ1) is 72.6. The Morgan fingerprint density at radius 1 is 0.267 bits per heavy atom. The Morgan fingerprint density at radius 2 is 0.480 bits per heavy atom. The fourth-order valence-corrected chi connectivity index (χ4v) is 10.1. The van der Waals surface area contributed by atoms with Gasteiger partial charge in [-0.05, 0) is 77.0 Å². The Hall–Kier alpha value is -2.37. The van der Waals surface area contributed by atoms with Crippen molar-refractivity contribution in [3.8, 4) is 0 Å². The molecule has 0 saturated carbocycles. The van der Waals surface area contributed by atoms with Crippen LogP contribution in [0.4, 0.5) is 0 Å². The van der Waals surface area contributed by atoms with Gasteiger partial charge in [-0.25, -0.2) is 0 Å². The van der Waals surface area contributed by atoms with Crippen molar-refractivity contribution in [1.82, 2.24) is 0 Å². The predicted molar refractivity (Wildman–Crippen MR) is 326 cm³/mol. The van der Waals surface area contributed by atoms with Crippen molar-refractivity contribution < 1.29 is 28.6 Å². The summed E-state index contributed by atoms with van der Waals surface area (Å²) < 4.78 is 16.9. The van der Waals surface area contributed by atoms with E-state index in [1.54, 1.807) is 0 Å². The van der Waals surface area contributed by atoms with Gasteiger partial charge in [0.25, 0.3) is 0 Å². The molecule has 440 valence electrons. The highest BCUT2D eigenvalue weighted by Gasteiger charge is 2.19. The monoisotopic (exact) mass is 1050 g/mol. The average molecular weight is 1050 g/mol. The summed E-state index contributed by atoms with van der Waals surface area (Å²) in [6, 6.07) is 0. The van der Waals surface area contributed by atoms with Crippen LogP contribution in [0.5, 0.6) is 0 Å². The van der Waals surface area contributed by atoms with Crippen LogP contribution in [0.1, 0.15) is 367 Å². The molecular formula is C69H128O6. The molecule has 0 aliphatic heterocycles. The minimum absolute atomic E-state index is 0.0678. The van der Waals surface area contributed by atoms with Gasteiger partial charge in [-0.15, -0.1) is 0 Å². The number of hydrogen-bond acceptors (Lipinski definition) is 6. The van der Waals surface area contributed by atoms with Crippen LogP contribution in [0, 0.1) is 0 Å². The second-order valence-electron chi connectivity index (χ2n) is 22.7. The number of ether oxygens (including phenoxy) is 3. The van der Waals surface area contributed by atoms with Gasteiger partial charge in [0.2, 0.25) is 0 Å². The van der Waals surface area contributed by atoms with Gasteiger partial charge < -0.3 is 14.2 Å². The second kappa shape index (κ2) is 64.2. The van der Waals surface area contributed by atoms with E-state index in [1.165, 1.54) is 263 Å². The minimum Gasteiger partial charge on any atom is -0.462 e. The summed E-state index contributed by atoms with van der Waals surface area (Å²) in [6.45, 7) is 6.68. The van der Waals surface area contributed by atoms with Gasteiger partial charge in [0, 0.05) is 19.3 Å². The van der Waals surface area contributed by atoms with E-state index >= 15 is 0 Å². The van der Waals surface area contributed by atoms with E-state index < -0.39 is 6.10 Å². The van der Waals surface area contributed by atoms with Gasteiger partial charge in [-0.1, -0.05) is 308 Å². The fourth-order valence-electron chi connectivity index (χ4n) is 10.1. The van der Waals surface area contributed by atoms with E-state index in [1.807, 2.05) is 0 Å². The number of carbonyl (C=O) groups excluding carboxylic acids is 3. The number of hydrogen-bond donors (Lipinski definition) is 0. The van der Waals surface area contributed by atoms with Crippen molar-refractivity contribution in [1.29, 1.82) is 0 Å². The van der Waals surface area contributed by atoms with Crippen molar-refractivity contribution in [2.24, 2.45) is 0 Å². The number of allylic oxidation sites excluding steroid dienone is 6. The Bertz CT molecular complexity index is 1250. The second-order valence-corrected chi connectivity index (χ2v) is 22.7. The Kier molecular flexibility index (Phi) is 62.1. The SMILES string of the molecule is CCCCCCC/C=C\C/C=C\CCCCCCCCCCCCCCCCCC(=O)OCC(COC(=O)CCCCCCCCCCCCC)OC(=O)CCCCCCCCCCC/C=C\CCCCCCCC. The zero-order chi connectivity index (χ0) is 54.3. The fraction of sp³-hybridized carbons (Fsp3) is 0.870. The summed E-state index contributed by atoms with van der Waals surface area (Å²) in [5.41, 5.74) is 0. The van der Waals surface area contributed by atoms with Crippen molar-refractivity contribution in [2.45, 2.75) is 374 Å². The lowest BCUT2D eigenvalue weighted by Crippen LogP contribution is -2.30. The minimum atomic E-state index is -0.770. The molecule has 0 heterocycles. The molecule has 0 bridgehead atoms. The van der Waals surface area contributed by atoms with Crippen molar-refractivity contribution in [2.75, 3.05) is 13.2 Å². The topological polar surface area (TPSA) is 78.9 Å². The molecule has 0 N–H and O–H groups in total. The lowest BCUT2D eigenvalue weighted by atomic mass is 10.0. The van der Waals surface area contributed by atoms with Gasteiger partial charge in [0.15, 0.2) is 6.10 Å². The van der Waals surface area contributed by atoms with Crippen molar-refractivity contribution in [3.63, 3.8) is 0 Å². The number of rotatable bonds is 62. The third-order valence-corrected chi connectivity index (χ3v) is 15.1. The summed E-state index contributed by atoms with van der Waals surface area (Å²) in [7, 11) is 0. The van der Waals surface area contributed by atoms with E-state index in [-0.39, 0.29) is 31.1 Å². The molecule has 1 unspecified atom stereocenters. The van der Waals surface area contributed by atoms with Crippen LogP contribution in [0.3, 0.4) is 0 Å². The van der Waals surface area contributed by atoms with Crippen LogP contribution in [0.2, 0.25) is 0 Å². The summed E-state index contributed by atoms with van der Waals surface area (Å²) in [6.07, 6.45) is 78.8. The highest BCUT2D eigenvalue weighted by molar-refractivity contribution is 5.71. The van der Waals surface area contributed by atoms with E-state index in [4.69, 9.17) is 14.2 Å². The van der Waals surface area contributed by atoms with E-state index in [9.17, 15) is 14.4 Å². The molecule has 0 fully saturated rings. The molecule has 0 radical (unpaired) electrons. The highest BCUT2D eigenvalue weighted by Crippen LogP contribution is 2.18. The first-order valence-electron chi connectivity index (χ1n) is 33.5.